The van der Waals surface area contributed by atoms with E-state index in [1.165, 1.54) is 35.6 Å². The Labute approximate surface area is 107 Å². The largest absolute Gasteiger partial charge is 0.454 e. The van der Waals surface area contributed by atoms with Gasteiger partial charge in [-0.1, -0.05) is 0 Å². The normalized spacial score (nSPS) is 10.1. The van der Waals surface area contributed by atoms with Gasteiger partial charge < -0.3 is 4.74 Å². The average molecular weight is 264 g/mol. The zero-order valence-electron chi connectivity index (χ0n) is 9.26. The first-order valence-electron chi connectivity index (χ1n) is 5.15. The van der Waals surface area contributed by atoms with Gasteiger partial charge in [-0.3, -0.25) is 4.79 Å². The van der Waals surface area contributed by atoms with Crippen LogP contribution in [0.15, 0.2) is 41.1 Å². The third-order valence-corrected chi connectivity index (χ3v) is 2.94. The molecular formula is C13H9FO3S. The van der Waals surface area contributed by atoms with Crippen LogP contribution < -0.4 is 0 Å². The first kappa shape index (κ1) is 12.4. The van der Waals surface area contributed by atoms with Gasteiger partial charge in [0.05, 0.1) is 5.56 Å². The van der Waals surface area contributed by atoms with Crippen LogP contribution >= 0.6 is 11.3 Å². The van der Waals surface area contributed by atoms with Crippen molar-refractivity contribution < 1.29 is 18.7 Å². The summed E-state index contributed by atoms with van der Waals surface area (Å²) in [5.74, 6) is -1.31. The van der Waals surface area contributed by atoms with Gasteiger partial charge in [-0.25, -0.2) is 9.18 Å². The minimum absolute atomic E-state index is 0.314. The first-order chi connectivity index (χ1) is 8.66. The van der Waals surface area contributed by atoms with Gasteiger partial charge in [-0.05, 0) is 35.7 Å². The molecule has 0 radical (unpaired) electrons. The van der Waals surface area contributed by atoms with E-state index in [0.717, 1.165) is 0 Å². The number of ether oxygens (including phenoxy) is 1. The summed E-state index contributed by atoms with van der Waals surface area (Å²) in [7, 11) is 0. The maximum absolute atomic E-state index is 12.7. The van der Waals surface area contributed by atoms with E-state index < -0.39 is 11.8 Å². The van der Waals surface area contributed by atoms with E-state index in [1.807, 2.05) is 0 Å². The number of esters is 1. The lowest BCUT2D eigenvalue weighted by Crippen LogP contribution is -2.13. The molecule has 5 heteroatoms. The molecule has 2 aromatic rings. The van der Waals surface area contributed by atoms with Gasteiger partial charge >= 0.3 is 5.97 Å². The molecule has 0 atom stereocenters. The second-order valence-corrected chi connectivity index (χ2v) is 4.30. The molecule has 1 aromatic carbocycles. The van der Waals surface area contributed by atoms with Crippen LogP contribution in [0.5, 0.6) is 0 Å². The van der Waals surface area contributed by atoms with Gasteiger partial charge in [-0.15, -0.1) is 0 Å². The summed E-state index contributed by atoms with van der Waals surface area (Å²) >= 11 is 1.37. The molecule has 0 aliphatic carbocycles. The molecule has 0 aliphatic heterocycles. The Morgan fingerprint density at radius 1 is 1.11 bits per heavy atom. The molecular weight excluding hydrogens is 255 g/mol. The van der Waals surface area contributed by atoms with Gasteiger partial charge in [0.1, 0.15) is 5.82 Å². The van der Waals surface area contributed by atoms with Crippen molar-refractivity contribution in [1.82, 2.24) is 0 Å². The van der Waals surface area contributed by atoms with Crippen LogP contribution in [0.25, 0.3) is 0 Å². The zero-order valence-corrected chi connectivity index (χ0v) is 10.1. The van der Waals surface area contributed by atoms with Crippen LogP contribution in [0.4, 0.5) is 4.39 Å². The van der Waals surface area contributed by atoms with Crippen molar-refractivity contribution >= 4 is 23.1 Å². The lowest BCUT2D eigenvalue weighted by Gasteiger charge is -2.03. The van der Waals surface area contributed by atoms with E-state index in [2.05, 4.69) is 0 Å². The molecule has 92 valence electrons. The highest BCUT2D eigenvalue weighted by Gasteiger charge is 2.11. The van der Waals surface area contributed by atoms with Crippen molar-refractivity contribution in [3.05, 3.63) is 58.0 Å². The molecule has 0 N–H and O–H groups in total. The Hall–Kier alpha value is -2.01. The molecule has 0 spiro atoms. The van der Waals surface area contributed by atoms with E-state index in [0.29, 0.717) is 11.1 Å². The van der Waals surface area contributed by atoms with Crippen LogP contribution in [-0.2, 0) is 4.74 Å². The Bertz CT molecular complexity index is 546. The topological polar surface area (TPSA) is 43.4 Å². The van der Waals surface area contributed by atoms with Crippen molar-refractivity contribution in [1.29, 1.82) is 0 Å². The predicted molar refractivity (Wildman–Crippen MR) is 65.3 cm³/mol. The van der Waals surface area contributed by atoms with E-state index >= 15 is 0 Å². The van der Waals surface area contributed by atoms with Crippen molar-refractivity contribution in [2.24, 2.45) is 0 Å². The number of carbonyl (C=O) groups is 2. The minimum Gasteiger partial charge on any atom is -0.454 e. The standard InChI is InChI=1S/C13H9FO3S/c14-11-3-1-9(2-4-11)12(15)7-17-13(16)10-5-6-18-8-10/h1-6,8H,7H2. The Balaban J connectivity index is 1.92. The second-order valence-electron chi connectivity index (χ2n) is 3.52. The molecule has 18 heavy (non-hydrogen) atoms. The van der Waals surface area contributed by atoms with Crippen LogP contribution in [0.2, 0.25) is 0 Å². The fourth-order valence-electron chi connectivity index (χ4n) is 1.31. The number of hydrogen-bond donors (Lipinski definition) is 0. The number of carbonyl (C=O) groups excluding carboxylic acids is 2. The number of rotatable bonds is 4. The summed E-state index contributed by atoms with van der Waals surface area (Å²) in [5.41, 5.74) is 0.737. The monoisotopic (exact) mass is 264 g/mol. The fraction of sp³-hybridized carbons (Fsp3) is 0.0769. The maximum atomic E-state index is 12.7. The summed E-state index contributed by atoms with van der Waals surface area (Å²) in [6, 6.07) is 6.71. The Morgan fingerprint density at radius 3 is 2.44 bits per heavy atom. The van der Waals surface area contributed by atoms with Crippen molar-refractivity contribution in [2.45, 2.75) is 0 Å². The third kappa shape index (κ3) is 3.01. The summed E-state index contributed by atoms with van der Waals surface area (Å²) in [5, 5.41) is 3.39. The summed E-state index contributed by atoms with van der Waals surface area (Å²) in [4.78, 5) is 23.1. The van der Waals surface area contributed by atoms with Crippen LogP contribution in [0.3, 0.4) is 0 Å². The number of thiophene rings is 1. The van der Waals surface area contributed by atoms with E-state index in [-0.39, 0.29) is 12.4 Å². The quantitative estimate of drug-likeness (QED) is 0.630. The van der Waals surface area contributed by atoms with Crippen molar-refractivity contribution in [2.75, 3.05) is 6.61 Å². The Kier molecular flexibility index (Phi) is 3.84. The second kappa shape index (κ2) is 5.55. The van der Waals surface area contributed by atoms with Gasteiger partial charge in [0.15, 0.2) is 12.4 Å². The molecule has 0 bridgehead atoms. The lowest BCUT2D eigenvalue weighted by molar-refractivity contribution is 0.0475. The van der Waals surface area contributed by atoms with Crippen LogP contribution in [-0.4, -0.2) is 18.4 Å². The number of halogens is 1. The van der Waals surface area contributed by atoms with Crippen molar-refractivity contribution in [3.63, 3.8) is 0 Å². The molecule has 3 nitrogen and oxygen atoms in total. The van der Waals surface area contributed by atoms with Crippen LogP contribution in [0.1, 0.15) is 20.7 Å². The van der Waals surface area contributed by atoms with Crippen molar-refractivity contribution in [3.8, 4) is 0 Å². The first-order valence-corrected chi connectivity index (χ1v) is 6.09. The Morgan fingerprint density at radius 2 is 1.83 bits per heavy atom. The highest BCUT2D eigenvalue weighted by atomic mass is 32.1. The maximum Gasteiger partial charge on any atom is 0.339 e. The predicted octanol–water partition coefficient (Wildman–Crippen LogP) is 2.93. The summed E-state index contributed by atoms with van der Waals surface area (Å²) < 4.78 is 17.5. The molecule has 0 unspecified atom stereocenters. The average Bonchev–Trinajstić information content (AvgIpc) is 2.90. The van der Waals surface area contributed by atoms with Gasteiger partial charge in [0.2, 0.25) is 0 Å². The highest BCUT2D eigenvalue weighted by molar-refractivity contribution is 7.08. The van der Waals surface area contributed by atoms with Crippen LogP contribution in [0, 0.1) is 5.82 Å². The lowest BCUT2D eigenvalue weighted by atomic mass is 10.1. The highest BCUT2D eigenvalue weighted by Crippen LogP contribution is 2.08. The minimum atomic E-state index is -0.535. The molecule has 0 aliphatic rings. The van der Waals surface area contributed by atoms with E-state index in [4.69, 9.17) is 4.74 Å². The third-order valence-electron chi connectivity index (χ3n) is 2.26. The molecule has 0 fully saturated rings. The summed E-state index contributed by atoms with van der Waals surface area (Å²) in [6.45, 7) is -0.347. The smallest absolute Gasteiger partial charge is 0.339 e. The molecule has 0 saturated carbocycles. The van der Waals surface area contributed by atoms with E-state index in [1.54, 1.807) is 16.8 Å². The van der Waals surface area contributed by atoms with Gasteiger partial charge in [0, 0.05) is 10.9 Å². The molecule has 1 aromatic heterocycles. The SMILES string of the molecule is O=C(COC(=O)c1ccsc1)c1ccc(F)cc1. The fourth-order valence-corrected chi connectivity index (χ4v) is 1.94. The molecule has 0 saturated heterocycles. The van der Waals surface area contributed by atoms with E-state index in [9.17, 15) is 14.0 Å². The zero-order chi connectivity index (χ0) is 13.0. The summed E-state index contributed by atoms with van der Waals surface area (Å²) in [6.07, 6.45) is 0. The van der Waals surface area contributed by atoms with Gasteiger partial charge in [0.25, 0.3) is 0 Å². The number of hydrogen-bond acceptors (Lipinski definition) is 4. The number of benzene rings is 1. The number of Topliss-reactive ketones (excluding diaryl/α,β-unsaturated/α-hetero) is 1. The van der Waals surface area contributed by atoms with Gasteiger partial charge in [-0.2, -0.15) is 11.3 Å². The number of ketones is 1. The molecule has 2 rings (SSSR count). The molecule has 1 heterocycles. The molecule has 0 amide bonds.